The summed E-state index contributed by atoms with van der Waals surface area (Å²) in [6.07, 6.45) is 2.72. The van der Waals surface area contributed by atoms with Crippen molar-refractivity contribution >= 4 is 22.5 Å². The van der Waals surface area contributed by atoms with Gasteiger partial charge >= 0.3 is 0 Å². The molecule has 1 amide bonds. The van der Waals surface area contributed by atoms with Gasteiger partial charge in [0.25, 0.3) is 0 Å². The van der Waals surface area contributed by atoms with Crippen molar-refractivity contribution in [1.29, 1.82) is 0 Å². The molecule has 2 aromatic rings. The molecule has 2 aliphatic rings. The number of hydrogen-bond donors (Lipinski definition) is 2. The fraction of sp³-hybridized carbons (Fsp3) is 0.412. The van der Waals surface area contributed by atoms with Crippen LogP contribution in [-0.2, 0) is 9.53 Å². The summed E-state index contributed by atoms with van der Waals surface area (Å²) < 4.78 is 10.9. The molecule has 1 saturated heterocycles. The Labute approximate surface area is 133 Å². The maximum atomic E-state index is 11.8. The highest BCUT2D eigenvalue weighted by Crippen LogP contribution is 2.30. The average Bonchev–Trinajstić information content (AvgIpc) is 3.32. The number of benzene rings is 1. The summed E-state index contributed by atoms with van der Waals surface area (Å²) in [6, 6.07) is 7.49. The van der Waals surface area contributed by atoms with Crippen LogP contribution in [0.15, 0.2) is 30.5 Å². The number of carbonyl (C=O) groups excluding carboxylic acids is 1. The van der Waals surface area contributed by atoms with Gasteiger partial charge in [-0.2, -0.15) is 0 Å². The molecule has 0 unspecified atom stereocenters. The van der Waals surface area contributed by atoms with Crippen LogP contribution in [0.25, 0.3) is 10.8 Å². The Morgan fingerprint density at radius 3 is 2.87 bits per heavy atom. The molecule has 1 aromatic heterocycles. The Balaban J connectivity index is 1.51. The van der Waals surface area contributed by atoms with Crippen molar-refractivity contribution in [3.8, 4) is 5.75 Å². The van der Waals surface area contributed by atoms with Crippen LogP contribution in [-0.4, -0.2) is 41.4 Å². The summed E-state index contributed by atoms with van der Waals surface area (Å²) in [5, 5.41) is 14.5. The summed E-state index contributed by atoms with van der Waals surface area (Å²) in [7, 11) is 0. The molecule has 0 radical (unpaired) electrons. The Hall–Kier alpha value is -2.18. The van der Waals surface area contributed by atoms with E-state index in [0.717, 1.165) is 23.6 Å². The fourth-order valence-electron chi connectivity index (χ4n) is 2.65. The molecule has 6 heteroatoms. The van der Waals surface area contributed by atoms with Gasteiger partial charge in [0.1, 0.15) is 23.8 Å². The Kier molecular flexibility index (Phi) is 3.63. The lowest BCUT2D eigenvalue weighted by Gasteiger charge is -2.15. The predicted octanol–water partition coefficient (Wildman–Crippen LogP) is 1.72. The minimum absolute atomic E-state index is 0.0482. The first-order chi connectivity index (χ1) is 11.2. The molecule has 23 heavy (non-hydrogen) atoms. The standard InChI is InChI=1S/C17H18N2O4/c20-14-8-22-9-15(14)23-13-4-3-11-6-16(18-7-12(11)5-13)19-17(21)10-1-2-10/h3-7,10,14-15,20H,1-2,8-9H2,(H,18,19,21)/t14-,15-/m1/s1. The number of aliphatic hydroxyl groups is 1. The van der Waals surface area contributed by atoms with Crippen molar-refractivity contribution in [2.75, 3.05) is 18.5 Å². The fourth-order valence-corrected chi connectivity index (χ4v) is 2.65. The first-order valence-electron chi connectivity index (χ1n) is 7.82. The topological polar surface area (TPSA) is 80.7 Å². The largest absolute Gasteiger partial charge is 0.485 e. The van der Waals surface area contributed by atoms with Crippen LogP contribution in [0.4, 0.5) is 5.82 Å². The number of aromatic nitrogens is 1. The number of anilines is 1. The van der Waals surface area contributed by atoms with E-state index in [1.54, 1.807) is 6.20 Å². The number of carbonyl (C=O) groups is 1. The molecule has 0 bridgehead atoms. The van der Waals surface area contributed by atoms with Crippen LogP contribution in [0.2, 0.25) is 0 Å². The number of hydrogen-bond acceptors (Lipinski definition) is 5. The van der Waals surface area contributed by atoms with E-state index in [1.807, 2.05) is 24.3 Å². The highest BCUT2D eigenvalue weighted by atomic mass is 16.6. The second kappa shape index (κ2) is 5.79. The zero-order chi connectivity index (χ0) is 15.8. The predicted molar refractivity (Wildman–Crippen MR) is 84.3 cm³/mol. The third-order valence-corrected chi connectivity index (χ3v) is 4.18. The van der Waals surface area contributed by atoms with E-state index in [-0.39, 0.29) is 17.9 Å². The van der Waals surface area contributed by atoms with E-state index in [0.29, 0.717) is 24.8 Å². The van der Waals surface area contributed by atoms with Crippen LogP contribution in [0.1, 0.15) is 12.8 Å². The normalized spacial score (nSPS) is 23.9. The number of aliphatic hydroxyl groups excluding tert-OH is 1. The van der Waals surface area contributed by atoms with E-state index < -0.39 is 6.10 Å². The lowest BCUT2D eigenvalue weighted by molar-refractivity contribution is -0.117. The first-order valence-corrected chi connectivity index (χ1v) is 7.82. The Morgan fingerprint density at radius 1 is 1.26 bits per heavy atom. The smallest absolute Gasteiger partial charge is 0.228 e. The molecule has 0 spiro atoms. The van der Waals surface area contributed by atoms with E-state index >= 15 is 0 Å². The molecule has 2 N–H and O–H groups in total. The number of ether oxygens (including phenoxy) is 2. The second-order valence-electron chi connectivity index (χ2n) is 6.10. The van der Waals surface area contributed by atoms with Crippen LogP contribution < -0.4 is 10.1 Å². The zero-order valence-corrected chi connectivity index (χ0v) is 12.6. The maximum Gasteiger partial charge on any atom is 0.228 e. The molecule has 4 rings (SSSR count). The molecule has 6 nitrogen and oxygen atoms in total. The molecule has 1 aliphatic heterocycles. The third kappa shape index (κ3) is 3.13. The van der Waals surface area contributed by atoms with Crippen LogP contribution in [0.5, 0.6) is 5.75 Å². The number of fused-ring (bicyclic) bond motifs is 1. The zero-order valence-electron chi connectivity index (χ0n) is 12.6. The third-order valence-electron chi connectivity index (χ3n) is 4.18. The Morgan fingerprint density at radius 2 is 2.13 bits per heavy atom. The van der Waals surface area contributed by atoms with Gasteiger partial charge in [-0.05, 0) is 36.4 Å². The van der Waals surface area contributed by atoms with Crippen molar-refractivity contribution in [2.24, 2.45) is 5.92 Å². The number of nitrogens with zero attached hydrogens (tertiary/aromatic N) is 1. The van der Waals surface area contributed by atoms with Crippen molar-refractivity contribution in [2.45, 2.75) is 25.0 Å². The van der Waals surface area contributed by atoms with Crippen molar-refractivity contribution < 1.29 is 19.4 Å². The van der Waals surface area contributed by atoms with Gasteiger partial charge in [-0.3, -0.25) is 4.79 Å². The van der Waals surface area contributed by atoms with E-state index in [4.69, 9.17) is 9.47 Å². The second-order valence-corrected chi connectivity index (χ2v) is 6.10. The molecule has 1 aliphatic carbocycles. The SMILES string of the molecule is O=C(Nc1cc2ccc(O[C@@H]3COC[C@H]3O)cc2cn1)C1CC1. The first kappa shape index (κ1) is 14.4. The monoisotopic (exact) mass is 314 g/mol. The lowest BCUT2D eigenvalue weighted by atomic mass is 10.1. The Bertz CT molecular complexity index is 744. The number of amides is 1. The van der Waals surface area contributed by atoms with Gasteiger partial charge in [0.2, 0.25) is 5.91 Å². The van der Waals surface area contributed by atoms with Gasteiger partial charge < -0.3 is 19.9 Å². The minimum Gasteiger partial charge on any atom is -0.485 e. The molecular formula is C17H18N2O4. The van der Waals surface area contributed by atoms with Crippen molar-refractivity contribution in [3.05, 3.63) is 30.5 Å². The van der Waals surface area contributed by atoms with E-state index in [2.05, 4.69) is 10.3 Å². The number of nitrogens with one attached hydrogen (secondary N) is 1. The molecule has 1 saturated carbocycles. The summed E-state index contributed by atoms with van der Waals surface area (Å²) in [6.45, 7) is 0.702. The lowest BCUT2D eigenvalue weighted by Crippen LogP contribution is -2.29. The van der Waals surface area contributed by atoms with Gasteiger partial charge in [-0.25, -0.2) is 4.98 Å². The summed E-state index contributed by atoms with van der Waals surface area (Å²) in [5.74, 6) is 1.45. The highest BCUT2D eigenvalue weighted by molar-refractivity contribution is 5.95. The molecule has 2 heterocycles. The van der Waals surface area contributed by atoms with Crippen molar-refractivity contribution in [1.82, 2.24) is 4.98 Å². The molecular weight excluding hydrogens is 296 g/mol. The molecule has 1 aromatic carbocycles. The van der Waals surface area contributed by atoms with Crippen LogP contribution in [0, 0.1) is 5.92 Å². The van der Waals surface area contributed by atoms with Gasteiger partial charge in [0, 0.05) is 17.5 Å². The van der Waals surface area contributed by atoms with Crippen LogP contribution >= 0.6 is 0 Å². The maximum absolute atomic E-state index is 11.8. The number of pyridine rings is 1. The highest BCUT2D eigenvalue weighted by Gasteiger charge is 2.30. The summed E-state index contributed by atoms with van der Waals surface area (Å²) in [4.78, 5) is 16.1. The number of rotatable bonds is 4. The van der Waals surface area contributed by atoms with Crippen LogP contribution in [0.3, 0.4) is 0 Å². The van der Waals surface area contributed by atoms with E-state index in [9.17, 15) is 9.90 Å². The van der Waals surface area contributed by atoms with Crippen molar-refractivity contribution in [3.63, 3.8) is 0 Å². The molecule has 2 atom stereocenters. The van der Waals surface area contributed by atoms with Gasteiger partial charge in [0.05, 0.1) is 13.2 Å². The van der Waals surface area contributed by atoms with E-state index in [1.165, 1.54) is 0 Å². The summed E-state index contributed by atoms with van der Waals surface area (Å²) in [5.41, 5.74) is 0. The molecule has 120 valence electrons. The van der Waals surface area contributed by atoms with Gasteiger partial charge in [0.15, 0.2) is 0 Å². The summed E-state index contributed by atoms with van der Waals surface area (Å²) >= 11 is 0. The minimum atomic E-state index is -0.594. The molecule has 2 fully saturated rings. The quantitative estimate of drug-likeness (QED) is 0.898. The van der Waals surface area contributed by atoms with Gasteiger partial charge in [-0.1, -0.05) is 6.07 Å². The van der Waals surface area contributed by atoms with Gasteiger partial charge in [-0.15, -0.1) is 0 Å². The average molecular weight is 314 g/mol.